The Balaban J connectivity index is 2.99. The van der Waals surface area contributed by atoms with Gasteiger partial charge in [-0.2, -0.15) is 0 Å². The summed E-state index contributed by atoms with van der Waals surface area (Å²) in [6.45, 7) is 3.11. The number of anilines is 1. The van der Waals surface area contributed by atoms with E-state index >= 15 is 0 Å². The number of carbonyl (C=O) groups is 2. The predicted octanol–water partition coefficient (Wildman–Crippen LogP) is 1.07. The first-order valence-electron chi connectivity index (χ1n) is 4.71. The molecule has 5 nitrogen and oxygen atoms in total. The molecular weight excluding hydrogens is 210 g/mol. The number of aliphatic carboxylic acids is 1. The van der Waals surface area contributed by atoms with E-state index in [0.717, 1.165) is 0 Å². The van der Waals surface area contributed by atoms with Gasteiger partial charge in [-0.15, -0.1) is 0 Å². The van der Waals surface area contributed by atoms with Gasteiger partial charge in [0.15, 0.2) is 6.10 Å². The van der Waals surface area contributed by atoms with Crippen LogP contribution in [0.1, 0.15) is 24.2 Å². The number of hydrogen-bond donors (Lipinski definition) is 3. The third-order valence-corrected chi connectivity index (χ3v) is 2.11. The number of nitrogens with one attached hydrogen (secondary N) is 1. The molecule has 0 fully saturated rings. The fourth-order valence-electron chi connectivity index (χ4n) is 1.33. The number of amides is 1. The molecule has 0 aliphatic carbocycles. The minimum Gasteiger partial charge on any atom is -0.479 e. The van der Waals surface area contributed by atoms with Crippen molar-refractivity contribution in [3.63, 3.8) is 0 Å². The Hall–Kier alpha value is -1.88. The van der Waals surface area contributed by atoms with Crippen LogP contribution in [0.2, 0.25) is 0 Å². The second kappa shape index (κ2) is 4.76. The lowest BCUT2D eigenvalue weighted by Crippen LogP contribution is -2.12. The van der Waals surface area contributed by atoms with Gasteiger partial charge >= 0.3 is 5.97 Å². The Bertz CT molecular complexity index is 428. The van der Waals surface area contributed by atoms with E-state index in [1.165, 1.54) is 19.1 Å². The average Bonchev–Trinajstić information content (AvgIpc) is 2.19. The average molecular weight is 223 g/mol. The van der Waals surface area contributed by atoms with Crippen molar-refractivity contribution >= 4 is 17.6 Å². The topological polar surface area (TPSA) is 86.6 Å². The summed E-state index contributed by atoms with van der Waals surface area (Å²) < 4.78 is 0. The summed E-state index contributed by atoms with van der Waals surface area (Å²) in [7, 11) is 0. The molecule has 0 aliphatic heterocycles. The third-order valence-electron chi connectivity index (χ3n) is 2.11. The number of aliphatic hydroxyl groups excluding tert-OH is 1. The molecule has 1 atom stereocenters. The molecule has 0 saturated carbocycles. The van der Waals surface area contributed by atoms with E-state index in [-0.39, 0.29) is 5.91 Å². The fourth-order valence-corrected chi connectivity index (χ4v) is 1.33. The SMILES string of the molecule is CC(=O)Nc1ccc(C(O)C(=O)O)cc1C. The molecule has 5 heteroatoms. The molecule has 0 radical (unpaired) electrons. The highest BCUT2D eigenvalue weighted by Crippen LogP contribution is 2.21. The fraction of sp³-hybridized carbons (Fsp3) is 0.273. The molecule has 1 rings (SSSR count). The van der Waals surface area contributed by atoms with E-state index < -0.39 is 12.1 Å². The standard InChI is InChI=1S/C11H13NO4/c1-6-5-8(10(14)11(15)16)3-4-9(6)12-7(2)13/h3-5,10,14H,1-2H3,(H,12,13)(H,15,16). The number of benzene rings is 1. The lowest BCUT2D eigenvalue weighted by Gasteiger charge is -2.10. The van der Waals surface area contributed by atoms with Crippen molar-refractivity contribution in [3.05, 3.63) is 29.3 Å². The van der Waals surface area contributed by atoms with Gasteiger partial charge in [0.2, 0.25) is 5.91 Å². The second-order valence-corrected chi connectivity index (χ2v) is 3.50. The first-order chi connectivity index (χ1) is 7.41. The first-order valence-corrected chi connectivity index (χ1v) is 4.71. The van der Waals surface area contributed by atoms with Gasteiger partial charge in [-0.3, -0.25) is 4.79 Å². The molecule has 0 heterocycles. The van der Waals surface area contributed by atoms with Gasteiger partial charge in [0.05, 0.1) is 0 Å². The maximum absolute atomic E-state index is 10.8. The minimum atomic E-state index is -1.54. The molecule has 0 spiro atoms. The van der Waals surface area contributed by atoms with Gasteiger partial charge in [-0.25, -0.2) is 4.79 Å². The summed E-state index contributed by atoms with van der Waals surface area (Å²) in [4.78, 5) is 21.4. The van der Waals surface area contributed by atoms with Crippen LogP contribution >= 0.6 is 0 Å². The monoisotopic (exact) mass is 223 g/mol. The molecule has 3 N–H and O–H groups in total. The lowest BCUT2D eigenvalue weighted by molar-refractivity contribution is -0.146. The highest BCUT2D eigenvalue weighted by molar-refractivity contribution is 5.89. The molecule has 0 bridgehead atoms. The molecule has 86 valence electrons. The van der Waals surface area contributed by atoms with Crippen LogP contribution < -0.4 is 5.32 Å². The molecule has 0 aliphatic rings. The largest absolute Gasteiger partial charge is 0.479 e. The first kappa shape index (κ1) is 12.2. The summed E-state index contributed by atoms with van der Waals surface area (Å²) in [6, 6.07) is 4.57. The van der Waals surface area contributed by atoms with Gasteiger partial charge in [-0.1, -0.05) is 12.1 Å². The van der Waals surface area contributed by atoms with E-state index in [1.807, 2.05) is 0 Å². The van der Waals surface area contributed by atoms with Crippen molar-refractivity contribution in [2.24, 2.45) is 0 Å². The zero-order chi connectivity index (χ0) is 12.3. The molecule has 1 amide bonds. The van der Waals surface area contributed by atoms with E-state index in [4.69, 9.17) is 5.11 Å². The highest BCUT2D eigenvalue weighted by Gasteiger charge is 2.16. The van der Waals surface area contributed by atoms with Crippen LogP contribution in [-0.4, -0.2) is 22.1 Å². The van der Waals surface area contributed by atoms with Gasteiger partial charge in [0, 0.05) is 12.6 Å². The Morgan fingerprint density at radius 2 is 2.00 bits per heavy atom. The van der Waals surface area contributed by atoms with Gasteiger partial charge in [0.25, 0.3) is 0 Å². The molecule has 1 aromatic rings. The second-order valence-electron chi connectivity index (χ2n) is 3.50. The zero-order valence-electron chi connectivity index (χ0n) is 9.02. The maximum atomic E-state index is 10.8. The van der Waals surface area contributed by atoms with Crippen molar-refractivity contribution in [3.8, 4) is 0 Å². The Kier molecular flexibility index (Phi) is 3.63. The predicted molar refractivity (Wildman–Crippen MR) is 58.1 cm³/mol. The Morgan fingerprint density at radius 1 is 1.38 bits per heavy atom. The van der Waals surface area contributed by atoms with Crippen LogP contribution in [0.25, 0.3) is 0 Å². The zero-order valence-corrected chi connectivity index (χ0v) is 9.02. The molecular formula is C11H13NO4. The summed E-state index contributed by atoms with van der Waals surface area (Å²) in [5.74, 6) is -1.50. The normalized spacial score (nSPS) is 11.9. The van der Waals surface area contributed by atoms with Crippen LogP contribution in [0.4, 0.5) is 5.69 Å². The number of hydrogen-bond acceptors (Lipinski definition) is 3. The summed E-state index contributed by atoms with van der Waals surface area (Å²) in [5.41, 5.74) is 1.60. The molecule has 0 aromatic heterocycles. The number of carbonyl (C=O) groups excluding carboxylic acids is 1. The Labute approximate surface area is 92.7 Å². The van der Waals surface area contributed by atoms with Gasteiger partial charge in [0.1, 0.15) is 0 Å². The number of rotatable bonds is 3. The third kappa shape index (κ3) is 2.80. The molecule has 1 unspecified atom stereocenters. The van der Waals surface area contributed by atoms with Crippen LogP contribution in [0.15, 0.2) is 18.2 Å². The van der Waals surface area contributed by atoms with Gasteiger partial charge in [-0.05, 0) is 24.1 Å². The van der Waals surface area contributed by atoms with E-state index in [1.54, 1.807) is 13.0 Å². The number of aryl methyl sites for hydroxylation is 1. The van der Waals surface area contributed by atoms with Crippen LogP contribution in [0.5, 0.6) is 0 Å². The highest BCUT2D eigenvalue weighted by atomic mass is 16.4. The van der Waals surface area contributed by atoms with Crippen molar-refractivity contribution in [2.75, 3.05) is 5.32 Å². The summed E-state index contributed by atoms with van der Waals surface area (Å²) in [5, 5.41) is 20.5. The van der Waals surface area contributed by atoms with Crippen molar-refractivity contribution in [2.45, 2.75) is 20.0 Å². The Morgan fingerprint density at radius 3 is 2.44 bits per heavy atom. The molecule has 0 saturated heterocycles. The summed E-state index contributed by atoms with van der Waals surface area (Å²) in [6.07, 6.45) is -1.54. The van der Waals surface area contributed by atoms with Crippen LogP contribution in [0.3, 0.4) is 0 Å². The van der Waals surface area contributed by atoms with Crippen molar-refractivity contribution in [1.29, 1.82) is 0 Å². The lowest BCUT2D eigenvalue weighted by atomic mass is 10.1. The van der Waals surface area contributed by atoms with Crippen LogP contribution in [0, 0.1) is 6.92 Å². The molecule has 1 aromatic carbocycles. The number of aliphatic hydroxyl groups is 1. The van der Waals surface area contributed by atoms with E-state index in [2.05, 4.69) is 5.32 Å². The number of carboxylic acids is 1. The number of carboxylic acid groups (broad SMARTS) is 1. The van der Waals surface area contributed by atoms with E-state index in [0.29, 0.717) is 16.8 Å². The minimum absolute atomic E-state index is 0.199. The van der Waals surface area contributed by atoms with Crippen molar-refractivity contribution in [1.82, 2.24) is 0 Å². The molecule has 16 heavy (non-hydrogen) atoms. The summed E-state index contributed by atoms with van der Waals surface area (Å²) >= 11 is 0. The quantitative estimate of drug-likeness (QED) is 0.715. The van der Waals surface area contributed by atoms with E-state index in [9.17, 15) is 14.7 Å². The maximum Gasteiger partial charge on any atom is 0.337 e. The smallest absolute Gasteiger partial charge is 0.337 e. The van der Waals surface area contributed by atoms with Crippen LogP contribution in [-0.2, 0) is 9.59 Å². The van der Waals surface area contributed by atoms with Gasteiger partial charge < -0.3 is 15.5 Å². The van der Waals surface area contributed by atoms with Crippen molar-refractivity contribution < 1.29 is 19.8 Å².